The van der Waals surface area contributed by atoms with E-state index in [0.717, 1.165) is 32.0 Å². The van der Waals surface area contributed by atoms with Gasteiger partial charge in [-0.3, -0.25) is 13.9 Å². The van der Waals surface area contributed by atoms with E-state index in [2.05, 4.69) is 58.2 Å². The summed E-state index contributed by atoms with van der Waals surface area (Å²) >= 11 is 2.33. The number of carbonyl (C=O) groups is 1. The molecule has 1 aromatic heterocycles. The monoisotopic (exact) mass is 539 g/mol. The molecule has 0 fully saturated rings. The van der Waals surface area contributed by atoms with E-state index in [1.807, 2.05) is 50.2 Å². The number of imidazole rings is 1. The summed E-state index contributed by atoms with van der Waals surface area (Å²) < 4.78 is 4.14. The molecule has 1 heterocycles. The summed E-state index contributed by atoms with van der Waals surface area (Å²) in [4.78, 5) is 25.8. The number of halogens is 1. The Morgan fingerprint density at radius 3 is 2.47 bits per heavy atom. The highest BCUT2D eigenvalue weighted by molar-refractivity contribution is 14.1. The van der Waals surface area contributed by atoms with Crippen LogP contribution in [0.5, 0.6) is 0 Å². The molecule has 0 aliphatic heterocycles. The van der Waals surface area contributed by atoms with Crippen LogP contribution in [0.1, 0.15) is 31.0 Å². The molecule has 0 spiro atoms. The van der Waals surface area contributed by atoms with Gasteiger partial charge in [-0.1, -0.05) is 89.3 Å². The third-order valence-corrected chi connectivity index (χ3v) is 6.63. The van der Waals surface area contributed by atoms with Crippen LogP contribution in [0.15, 0.2) is 77.7 Å². The van der Waals surface area contributed by atoms with E-state index in [-0.39, 0.29) is 24.2 Å². The van der Waals surface area contributed by atoms with Crippen LogP contribution >= 0.6 is 22.6 Å². The normalized spacial score (nSPS) is 12.1. The Morgan fingerprint density at radius 2 is 1.75 bits per heavy atom. The number of fused-ring (bicyclic) bond motifs is 1. The topological polar surface area (TPSA) is 56.0 Å². The first-order valence-corrected chi connectivity index (χ1v) is 12.3. The number of benzene rings is 3. The summed E-state index contributed by atoms with van der Waals surface area (Å²) in [6.07, 6.45) is 1.78. The summed E-state index contributed by atoms with van der Waals surface area (Å²) in [6.45, 7) is 4.44. The largest absolute Gasteiger partial charge is 0.348 e. The molecule has 5 nitrogen and oxygen atoms in total. The number of nitrogens with zero attached hydrogens (tertiary/aromatic N) is 2. The minimum atomic E-state index is -0.187. The molecule has 0 unspecified atom stereocenters. The SMILES string of the molecule is CCn1c(-c2ccc(CI)cc2)cn(CC(=O)N[C@@H](C)c2cccc3ccccc23)c1=O. The van der Waals surface area contributed by atoms with Gasteiger partial charge < -0.3 is 5.32 Å². The molecular weight excluding hydrogens is 513 g/mol. The molecule has 1 amide bonds. The number of hydrogen-bond acceptors (Lipinski definition) is 2. The second-order valence-electron chi connectivity index (χ2n) is 7.86. The van der Waals surface area contributed by atoms with Crippen molar-refractivity contribution in [3.8, 4) is 11.3 Å². The van der Waals surface area contributed by atoms with Crippen LogP contribution in [0.2, 0.25) is 0 Å². The van der Waals surface area contributed by atoms with Crippen LogP contribution in [-0.2, 0) is 22.3 Å². The highest BCUT2D eigenvalue weighted by atomic mass is 127. The Kier molecular flexibility index (Phi) is 6.79. The molecule has 0 radical (unpaired) electrons. The Labute approximate surface area is 201 Å². The Balaban J connectivity index is 1.55. The average Bonchev–Trinajstić information content (AvgIpc) is 3.13. The fourth-order valence-electron chi connectivity index (χ4n) is 4.09. The van der Waals surface area contributed by atoms with E-state index in [9.17, 15) is 9.59 Å². The van der Waals surface area contributed by atoms with Gasteiger partial charge in [-0.15, -0.1) is 0 Å². The third-order valence-electron chi connectivity index (χ3n) is 5.75. The fourth-order valence-corrected chi connectivity index (χ4v) is 4.60. The highest BCUT2D eigenvalue weighted by Crippen LogP contribution is 2.24. The number of hydrogen-bond donors (Lipinski definition) is 1. The quantitative estimate of drug-likeness (QED) is 0.256. The van der Waals surface area contributed by atoms with E-state index in [0.29, 0.717) is 6.54 Å². The molecule has 0 bridgehead atoms. The van der Waals surface area contributed by atoms with Gasteiger partial charge in [0.15, 0.2) is 0 Å². The smallest absolute Gasteiger partial charge is 0.329 e. The van der Waals surface area contributed by atoms with Crippen molar-refractivity contribution in [2.75, 3.05) is 0 Å². The average molecular weight is 539 g/mol. The number of aromatic nitrogens is 2. The van der Waals surface area contributed by atoms with Gasteiger partial charge in [-0.05, 0) is 41.3 Å². The van der Waals surface area contributed by atoms with Gasteiger partial charge >= 0.3 is 5.69 Å². The van der Waals surface area contributed by atoms with E-state index in [1.165, 1.54) is 10.1 Å². The molecule has 0 aliphatic carbocycles. The first-order valence-electron chi connectivity index (χ1n) is 10.7. The van der Waals surface area contributed by atoms with Crippen LogP contribution < -0.4 is 11.0 Å². The molecule has 3 aromatic carbocycles. The molecule has 1 atom stereocenters. The van der Waals surface area contributed by atoms with Crippen LogP contribution in [0.25, 0.3) is 22.0 Å². The summed E-state index contributed by atoms with van der Waals surface area (Å²) in [5.41, 5.74) is 3.92. The zero-order chi connectivity index (χ0) is 22.7. The van der Waals surface area contributed by atoms with E-state index in [1.54, 1.807) is 10.8 Å². The van der Waals surface area contributed by atoms with Crippen molar-refractivity contribution in [1.82, 2.24) is 14.5 Å². The molecule has 4 rings (SSSR count). The van der Waals surface area contributed by atoms with Gasteiger partial charge in [0.2, 0.25) is 5.91 Å². The van der Waals surface area contributed by atoms with E-state index >= 15 is 0 Å². The van der Waals surface area contributed by atoms with Crippen molar-refractivity contribution in [3.05, 3.63) is 94.5 Å². The molecule has 32 heavy (non-hydrogen) atoms. The molecule has 0 saturated carbocycles. The van der Waals surface area contributed by atoms with Crippen molar-refractivity contribution in [2.24, 2.45) is 0 Å². The summed E-state index contributed by atoms with van der Waals surface area (Å²) in [5.74, 6) is -0.187. The minimum Gasteiger partial charge on any atom is -0.348 e. The van der Waals surface area contributed by atoms with Gasteiger partial charge in [0.1, 0.15) is 6.54 Å². The first-order chi connectivity index (χ1) is 15.5. The standard InChI is InChI=1S/C26H26IN3O2/c1-3-30-24(21-13-11-19(15-27)12-14-21)16-29(26(30)32)17-25(31)28-18(2)22-10-6-8-20-7-4-5-9-23(20)22/h4-14,16,18H,3,15,17H2,1-2H3,(H,28,31)/t18-/m0/s1. The predicted molar refractivity (Wildman–Crippen MR) is 138 cm³/mol. The molecule has 6 heteroatoms. The highest BCUT2D eigenvalue weighted by Gasteiger charge is 2.17. The minimum absolute atomic E-state index is 0.0141. The van der Waals surface area contributed by atoms with Crippen LogP contribution in [-0.4, -0.2) is 15.0 Å². The number of carbonyl (C=O) groups excluding carboxylic acids is 1. The lowest BCUT2D eigenvalue weighted by Gasteiger charge is -2.16. The van der Waals surface area contributed by atoms with Gasteiger partial charge in [-0.25, -0.2) is 4.79 Å². The van der Waals surface area contributed by atoms with Crippen LogP contribution in [0.4, 0.5) is 0 Å². The molecule has 0 aliphatic rings. The molecule has 4 aromatic rings. The molecular formula is C26H26IN3O2. The first kappa shape index (κ1) is 22.3. The predicted octanol–water partition coefficient (Wildman–Crippen LogP) is 5.30. The second kappa shape index (κ2) is 9.73. The van der Waals surface area contributed by atoms with Crippen molar-refractivity contribution < 1.29 is 4.79 Å². The van der Waals surface area contributed by atoms with E-state index in [4.69, 9.17) is 0 Å². The van der Waals surface area contributed by atoms with Gasteiger partial charge in [0, 0.05) is 17.2 Å². The Bertz CT molecular complexity index is 1300. The maximum Gasteiger partial charge on any atom is 0.329 e. The van der Waals surface area contributed by atoms with Gasteiger partial charge in [0.25, 0.3) is 0 Å². The van der Waals surface area contributed by atoms with Crippen molar-refractivity contribution in [2.45, 2.75) is 37.4 Å². The van der Waals surface area contributed by atoms with Crippen molar-refractivity contribution in [3.63, 3.8) is 0 Å². The zero-order valence-electron chi connectivity index (χ0n) is 18.2. The maximum absolute atomic E-state index is 12.9. The van der Waals surface area contributed by atoms with Crippen LogP contribution in [0.3, 0.4) is 0 Å². The Hall–Kier alpha value is -2.87. The molecule has 0 saturated heterocycles. The van der Waals surface area contributed by atoms with E-state index < -0.39 is 0 Å². The third kappa shape index (κ3) is 4.50. The molecule has 164 valence electrons. The lowest BCUT2D eigenvalue weighted by Crippen LogP contribution is -2.34. The van der Waals surface area contributed by atoms with Crippen molar-refractivity contribution >= 4 is 39.3 Å². The molecule has 1 N–H and O–H groups in total. The lowest BCUT2D eigenvalue weighted by atomic mass is 10.00. The number of nitrogens with one attached hydrogen (secondary N) is 1. The van der Waals surface area contributed by atoms with Crippen molar-refractivity contribution in [1.29, 1.82) is 0 Å². The van der Waals surface area contributed by atoms with Crippen LogP contribution in [0, 0.1) is 0 Å². The zero-order valence-corrected chi connectivity index (χ0v) is 20.4. The summed E-state index contributed by atoms with van der Waals surface area (Å²) in [6, 6.07) is 22.3. The Morgan fingerprint density at radius 1 is 1.03 bits per heavy atom. The number of rotatable bonds is 7. The summed E-state index contributed by atoms with van der Waals surface area (Å²) in [7, 11) is 0. The number of amides is 1. The summed E-state index contributed by atoms with van der Waals surface area (Å²) in [5, 5.41) is 5.32. The fraction of sp³-hybridized carbons (Fsp3) is 0.231. The second-order valence-corrected chi connectivity index (χ2v) is 8.62. The van der Waals surface area contributed by atoms with Gasteiger partial charge in [-0.2, -0.15) is 0 Å². The lowest BCUT2D eigenvalue weighted by molar-refractivity contribution is -0.122. The number of alkyl halides is 1. The van der Waals surface area contributed by atoms with Gasteiger partial charge in [0.05, 0.1) is 11.7 Å². The maximum atomic E-state index is 12.9.